The molecule has 26 heavy (non-hydrogen) atoms. The molecule has 0 radical (unpaired) electrons. The molecule has 0 spiro atoms. The fourth-order valence-electron chi connectivity index (χ4n) is 2.39. The van der Waals surface area contributed by atoms with Crippen LogP contribution in [0.3, 0.4) is 0 Å². The van der Waals surface area contributed by atoms with E-state index in [1.807, 2.05) is 50.2 Å². The van der Waals surface area contributed by atoms with Crippen molar-refractivity contribution in [2.75, 3.05) is 13.1 Å². The number of carbonyl (C=O) groups excluding carboxylic acids is 2. The van der Waals surface area contributed by atoms with Crippen LogP contribution in [0.5, 0.6) is 0 Å². The van der Waals surface area contributed by atoms with Crippen molar-refractivity contribution in [3.63, 3.8) is 0 Å². The van der Waals surface area contributed by atoms with E-state index in [-0.39, 0.29) is 11.6 Å². The van der Waals surface area contributed by atoms with Gasteiger partial charge in [0.05, 0.1) is 0 Å². The number of hydrogen-bond acceptors (Lipinski definition) is 4. The summed E-state index contributed by atoms with van der Waals surface area (Å²) in [4.78, 5) is 24.1. The van der Waals surface area contributed by atoms with Gasteiger partial charge in [0.1, 0.15) is 0 Å². The zero-order valence-electron chi connectivity index (χ0n) is 15.2. The van der Waals surface area contributed by atoms with Crippen molar-refractivity contribution in [1.82, 2.24) is 10.6 Å². The molecule has 2 aromatic carbocycles. The maximum atomic E-state index is 12.1. The lowest BCUT2D eigenvalue weighted by Crippen LogP contribution is -2.26. The molecule has 2 rings (SSSR count). The van der Waals surface area contributed by atoms with E-state index in [0.717, 1.165) is 11.4 Å². The minimum absolute atomic E-state index is 0.0203. The van der Waals surface area contributed by atoms with Gasteiger partial charge in [-0.3, -0.25) is 9.59 Å². The average Bonchev–Trinajstić information content (AvgIpc) is 2.66. The number of rotatable bonds is 9. The van der Waals surface area contributed by atoms with Crippen LogP contribution >= 0.6 is 0 Å². The van der Waals surface area contributed by atoms with Crippen LogP contribution in [-0.4, -0.2) is 24.7 Å². The Balaban J connectivity index is 1.75. The fourth-order valence-corrected chi connectivity index (χ4v) is 2.39. The van der Waals surface area contributed by atoms with E-state index >= 15 is 0 Å². The monoisotopic (exact) mass is 348 g/mol. The van der Waals surface area contributed by atoms with Crippen molar-refractivity contribution < 1.29 is 9.59 Å². The molecule has 0 amide bonds. The second kappa shape index (κ2) is 9.99. The van der Waals surface area contributed by atoms with Crippen LogP contribution in [0.4, 0.5) is 0 Å². The first-order valence-electron chi connectivity index (χ1n) is 8.59. The number of nitrogens with one attached hydrogen (secondary N) is 2. The molecule has 0 aliphatic rings. The molecule has 0 saturated heterocycles. The summed E-state index contributed by atoms with van der Waals surface area (Å²) in [6.07, 6.45) is 3.19. The smallest absolute Gasteiger partial charge is 0.187 e. The second-order valence-electron chi connectivity index (χ2n) is 5.97. The molecule has 2 N–H and O–H groups in total. The Morgan fingerprint density at radius 1 is 0.692 bits per heavy atom. The topological polar surface area (TPSA) is 58.2 Å². The van der Waals surface area contributed by atoms with E-state index in [9.17, 15) is 9.59 Å². The van der Waals surface area contributed by atoms with Gasteiger partial charge >= 0.3 is 0 Å². The van der Waals surface area contributed by atoms with E-state index in [0.29, 0.717) is 24.2 Å². The molecule has 134 valence electrons. The number of benzene rings is 2. The lowest BCUT2D eigenvalue weighted by molar-refractivity contribution is 0.103. The Morgan fingerprint density at radius 2 is 1.04 bits per heavy atom. The largest absolute Gasteiger partial charge is 0.387 e. The van der Waals surface area contributed by atoms with Crippen LogP contribution < -0.4 is 10.6 Å². The van der Waals surface area contributed by atoms with Crippen LogP contribution in [-0.2, 0) is 0 Å². The Labute approximate surface area is 154 Å². The molecule has 0 aliphatic carbocycles. The molecule has 4 nitrogen and oxygen atoms in total. The Bertz CT molecular complexity index is 724. The van der Waals surface area contributed by atoms with Crippen molar-refractivity contribution in [2.24, 2.45) is 0 Å². The summed E-state index contributed by atoms with van der Waals surface area (Å²) in [5.41, 5.74) is 2.96. The molecule has 0 atom stereocenters. The molecule has 2 aromatic rings. The van der Waals surface area contributed by atoms with Gasteiger partial charge in [0.2, 0.25) is 0 Å². The Hall–Kier alpha value is -3.14. The predicted molar refractivity (Wildman–Crippen MR) is 105 cm³/mol. The third-order valence-corrected chi connectivity index (χ3v) is 3.74. The van der Waals surface area contributed by atoms with Gasteiger partial charge in [-0.2, -0.15) is 0 Å². The van der Waals surface area contributed by atoms with Gasteiger partial charge in [0, 0.05) is 47.8 Å². The average molecular weight is 348 g/mol. The predicted octanol–water partition coefficient (Wildman–Crippen LogP) is 3.74. The highest BCUT2D eigenvalue weighted by molar-refractivity contribution is 6.05. The number of ketones is 2. The van der Waals surface area contributed by atoms with E-state index in [2.05, 4.69) is 10.6 Å². The normalized spacial score (nSPS) is 11.8. The third-order valence-electron chi connectivity index (χ3n) is 3.74. The minimum atomic E-state index is -0.0203. The van der Waals surface area contributed by atoms with Gasteiger partial charge < -0.3 is 10.6 Å². The van der Waals surface area contributed by atoms with Crippen LogP contribution in [0.15, 0.2) is 84.2 Å². The quantitative estimate of drug-likeness (QED) is 0.412. The standard InChI is InChI=1S/C22H24N2O2/c1-17(15-21(25)19-9-5-3-6-10-19)23-13-14-24-18(2)16-22(26)20-11-7-4-8-12-20/h3-12,15-16,23-24H,13-14H2,1-2H3/b17-15-,18-16-. The zero-order chi connectivity index (χ0) is 18.8. The molecule has 0 unspecified atom stereocenters. The van der Waals surface area contributed by atoms with Gasteiger partial charge in [-0.25, -0.2) is 0 Å². The zero-order valence-corrected chi connectivity index (χ0v) is 15.2. The highest BCUT2D eigenvalue weighted by Gasteiger charge is 2.03. The number of carbonyl (C=O) groups is 2. The van der Waals surface area contributed by atoms with Gasteiger partial charge in [-0.15, -0.1) is 0 Å². The summed E-state index contributed by atoms with van der Waals surface area (Å²) in [7, 11) is 0. The van der Waals surface area contributed by atoms with Gasteiger partial charge in [0.15, 0.2) is 11.6 Å². The maximum absolute atomic E-state index is 12.1. The minimum Gasteiger partial charge on any atom is -0.387 e. The van der Waals surface area contributed by atoms with Crippen molar-refractivity contribution in [3.05, 3.63) is 95.3 Å². The van der Waals surface area contributed by atoms with Gasteiger partial charge in [-0.05, 0) is 13.8 Å². The molecule has 0 heterocycles. The Morgan fingerprint density at radius 3 is 1.38 bits per heavy atom. The van der Waals surface area contributed by atoms with Crippen LogP contribution in [0, 0.1) is 0 Å². The lowest BCUT2D eigenvalue weighted by Gasteiger charge is -2.09. The summed E-state index contributed by atoms with van der Waals surface area (Å²) in [6, 6.07) is 18.3. The first kappa shape index (κ1) is 19.2. The maximum Gasteiger partial charge on any atom is 0.187 e. The summed E-state index contributed by atoms with van der Waals surface area (Å²) in [5.74, 6) is -0.0406. The third kappa shape index (κ3) is 6.40. The van der Waals surface area contributed by atoms with Crippen LogP contribution in [0.2, 0.25) is 0 Å². The summed E-state index contributed by atoms with van der Waals surface area (Å²) < 4.78 is 0. The van der Waals surface area contributed by atoms with Crippen molar-refractivity contribution in [2.45, 2.75) is 13.8 Å². The molecule has 0 fully saturated rings. The van der Waals surface area contributed by atoms with Crippen molar-refractivity contribution in [3.8, 4) is 0 Å². The molecule has 0 aromatic heterocycles. The van der Waals surface area contributed by atoms with E-state index in [1.54, 1.807) is 36.4 Å². The Kier molecular flexibility index (Phi) is 7.37. The van der Waals surface area contributed by atoms with Crippen molar-refractivity contribution in [1.29, 1.82) is 0 Å². The molecular formula is C22H24N2O2. The lowest BCUT2D eigenvalue weighted by atomic mass is 10.1. The molecule has 0 saturated carbocycles. The van der Waals surface area contributed by atoms with Crippen LogP contribution in [0.1, 0.15) is 34.6 Å². The fraction of sp³-hybridized carbons (Fsp3) is 0.182. The van der Waals surface area contributed by atoms with Crippen LogP contribution in [0.25, 0.3) is 0 Å². The highest BCUT2D eigenvalue weighted by atomic mass is 16.1. The van der Waals surface area contributed by atoms with E-state index in [4.69, 9.17) is 0 Å². The molecule has 4 heteroatoms. The second-order valence-corrected chi connectivity index (χ2v) is 5.97. The van der Waals surface area contributed by atoms with E-state index in [1.165, 1.54) is 0 Å². The SMILES string of the molecule is C/C(=C/C(=O)c1ccccc1)NCCN/C(C)=C\C(=O)c1ccccc1. The summed E-state index contributed by atoms with van der Waals surface area (Å²) >= 11 is 0. The van der Waals surface area contributed by atoms with E-state index < -0.39 is 0 Å². The van der Waals surface area contributed by atoms with Gasteiger partial charge in [0.25, 0.3) is 0 Å². The van der Waals surface area contributed by atoms with Gasteiger partial charge in [-0.1, -0.05) is 60.7 Å². The summed E-state index contributed by atoms with van der Waals surface area (Å²) in [6.45, 7) is 5.02. The molecule has 0 aliphatic heterocycles. The number of allylic oxidation sites excluding steroid dienone is 4. The van der Waals surface area contributed by atoms with Crippen molar-refractivity contribution >= 4 is 11.6 Å². The number of hydrogen-bond donors (Lipinski definition) is 2. The first-order chi connectivity index (χ1) is 12.6. The molecule has 0 bridgehead atoms. The first-order valence-corrected chi connectivity index (χ1v) is 8.59. The molecular weight excluding hydrogens is 324 g/mol. The highest BCUT2D eigenvalue weighted by Crippen LogP contribution is 2.03. The summed E-state index contributed by atoms with van der Waals surface area (Å²) in [5, 5.41) is 6.38.